The molecule has 0 spiro atoms. The molecule has 0 N–H and O–H groups in total. The van der Waals surface area contributed by atoms with Crippen LogP contribution in [0.5, 0.6) is 11.5 Å². The van der Waals surface area contributed by atoms with Crippen molar-refractivity contribution in [2.45, 2.75) is 20.0 Å². The SMILES string of the molecule is CCc1ccc(OCc2cc(/C=C/C(=O)c3ccn(C)n3)ccc2OC)cc1. The zero-order chi connectivity index (χ0) is 19.9. The van der Waals surface area contributed by atoms with Crippen LogP contribution >= 0.6 is 0 Å². The van der Waals surface area contributed by atoms with E-state index in [0.29, 0.717) is 12.3 Å². The molecule has 2 aromatic carbocycles. The van der Waals surface area contributed by atoms with Gasteiger partial charge < -0.3 is 9.47 Å². The van der Waals surface area contributed by atoms with Gasteiger partial charge in [-0.25, -0.2) is 0 Å². The lowest BCUT2D eigenvalue weighted by atomic mass is 10.1. The topological polar surface area (TPSA) is 53.4 Å². The number of benzene rings is 2. The quantitative estimate of drug-likeness (QED) is 0.430. The molecule has 0 aliphatic rings. The molecular weight excluding hydrogens is 352 g/mol. The number of hydrogen-bond acceptors (Lipinski definition) is 4. The van der Waals surface area contributed by atoms with E-state index in [-0.39, 0.29) is 5.78 Å². The molecule has 28 heavy (non-hydrogen) atoms. The number of rotatable bonds is 8. The van der Waals surface area contributed by atoms with Crippen molar-refractivity contribution in [3.05, 3.63) is 83.2 Å². The minimum atomic E-state index is -0.134. The molecule has 5 nitrogen and oxygen atoms in total. The summed E-state index contributed by atoms with van der Waals surface area (Å²) in [4.78, 5) is 12.2. The Hall–Kier alpha value is -3.34. The van der Waals surface area contributed by atoms with Crippen LogP contribution in [0.3, 0.4) is 0 Å². The van der Waals surface area contributed by atoms with Crippen LogP contribution < -0.4 is 9.47 Å². The number of allylic oxidation sites excluding steroid dienone is 1. The van der Waals surface area contributed by atoms with Gasteiger partial charge in [0.1, 0.15) is 23.8 Å². The fourth-order valence-electron chi connectivity index (χ4n) is 2.80. The second-order valence-electron chi connectivity index (χ2n) is 6.43. The number of aromatic nitrogens is 2. The van der Waals surface area contributed by atoms with Crippen molar-refractivity contribution in [3.63, 3.8) is 0 Å². The molecule has 5 heteroatoms. The molecule has 0 aliphatic carbocycles. The average Bonchev–Trinajstić information content (AvgIpc) is 3.17. The third-order valence-electron chi connectivity index (χ3n) is 4.42. The summed E-state index contributed by atoms with van der Waals surface area (Å²) >= 11 is 0. The van der Waals surface area contributed by atoms with E-state index in [9.17, 15) is 4.79 Å². The van der Waals surface area contributed by atoms with Crippen LogP contribution in [-0.2, 0) is 20.1 Å². The minimum Gasteiger partial charge on any atom is -0.496 e. The lowest BCUT2D eigenvalue weighted by molar-refractivity contribution is 0.104. The Labute approximate surface area is 165 Å². The highest BCUT2D eigenvalue weighted by Gasteiger charge is 2.07. The van der Waals surface area contributed by atoms with E-state index in [4.69, 9.17) is 9.47 Å². The lowest BCUT2D eigenvalue weighted by Crippen LogP contribution is -2.00. The molecular formula is C23H24N2O3. The first-order valence-corrected chi connectivity index (χ1v) is 9.19. The van der Waals surface area contributed by atoms with Crippen LogP contribution in [0.4, 0.5) is 0 Å². The predicted molar refractivity (Wildman–Crippen MR) is 110 cm³/mol. The zero-order valence-electron chi connectivity index (χ0n) is 16.4. The van der Waals surface area contributed by atoms with Crippen LogP contribution in [0.1, 0.15) is 34.1 Å². The summed E-state index contributed by atoms with van der Waals surface area (Å²) in [6, 6.07) is 15.5. The van der Waals surface area contributed by atoms with E-state index >= 15 is 0 Å². The summed E-state index contributed by atoms with van der Waals surface area (Å²) in [6.07, 6.45) is 6.05. The van der Waals surface area contributed by atoms with Gasteiger partial charge in [-0.3, -0.25) is 9.48 Å². The summed E-state index contributed by atoms with van der Waals surface area (Å²) in [7, 11) is 3.42. The van der Waals surface area contributed by atoms with Crippen molar-refractivity contribution in [1.29, 1.82) is 0 Å². The van der Waals surface area contributed by atoms with Crippen LogP contribution in [-0.4, -0.2) is 22.7 Å². The molecule has 0 fully saturated rings. The minimum absolute atomic E-state index is 0.134. The van der Waals surface area contributed by atoms with E-state index in [1.54, 1.807) is 37.2 Å². The van der Waals surface area contributed by atoms with E-state index in [2.05, 4.69) is 24.2 Å². The summed E-state index contributed by atoms with van der Waals surface area (Å²) in [5.41, 5.74) is 3.50. The van der Waals surface area contributed by atoms with Crippen LogP contribution in [0.15, 0.2) is 60.8 Å². The van der Waals surface area contributed by atoms with Gasteiger partial charge in [-0.05, 0) is 54.0 Å². The third-order valence-corrected chi connectivity index (χ3v) is 4.42. The highest BCUT2D eigenvalue weighted by atomic mass is 16.5. The van der Waals surface area contributed by atoms with Crippen molar-refractivity contribution < 1.29 is 14.3 Å². The summed E-state index contributed by atoms with van der Waals surface area (Å²) in [5.74, 6) is 1.43. The van der Waals surface area contributed by atoms with Gasteiger partial charge in [0.2, 0.25) is 5.78 Å². The summed E-state index contributed by atoms with van der Waals surface area (Å²) < 4.78 is 13.0. The highest BCUT2D eigenvalue weighted by Crippen LogP contribution is 2.23. The Morgan fingerprint density at radius 3 is 2.57 bits per heavy atom. The monoisotopic (exact) mass is 376 g/mol. The van der Waals surface area contributed by atoms with Crippen molar-refractivity contribution in [1.82, 2.24) is 9.78 Å². The van der Waals surface area contributed by atoms with Crippen molar-refractivity contribution in [2.24, 2.45) is 7.05 Å². The average molecular weight is 376 g/mol. The Morgan fingerprint density at radius 1 is 1.14 bits per heavy atom. The molecule has 0 bridgehead atoms. The van der Waals surface area contributed by atoms with E-state index < -0.39 is 0 Å². The lowest BCUT2D eigenvalue weighted by Gasteiger charge is -2.11. The first-order valence-electron chi connectivity index (χ1n) is 9.19. The maximum absolute atomic E-state index is 12.2. The maximum Gasteiger partial charge on any atom is 0.206 e. The number of ketones is 1. The first kappa shape index (κ1) is 19.4. The van der Waals surface area contributed by atoms with Crippen LogP contribution in [0, 0.1) is 0 Å². The number of hydrogen-bond donors (Lipinski definition) is 0. The van der Waals surface area contributed by atoms with Gasteiger partial charge in [-0.2, -0.15) is 5.10 Å². The molecule has 0 amide bonds. The van der Waals surface area contributed by atoms with Crippen LogP contribution in [0.2, 0.25) is 0 Å². The number of methoxy groups -OCH3 is 1. The Morgan fingerprint density at radius 2 is 1.93 bits per heavy atom. The van der Waals surface area contributed by atoms with Gasteiger partial charge in [-0.1, -0.05) is 31.2 Å². The second-order valence-corrected chi connectivity index (χ2v) is 6.43. The maximum atomic E-state index is 12.2. The largest absolute Gasteiger partial charge is 0.496 e. The van der Waals surface area contributed by atoms with Gasteiger partial charge in [0, 0.05) is 18.8 Å². The standard InChI is InChI=1S/C23H24N2O3/c1-4-17-5-9-20(10-6-17)28-16-19-15-18(8-12-23(19)27-3)7-11-22(26)21-13-14-25(2)24-21/h5-15H,4,16H2,1-3H3/b11-7+. The van der Waals surface area contributed by atoms with Crippen LogP contribution in [0.25, 0.3) is 6.08 Å². The molecule has 0 aliphatic heterocycles. The van der Waals surface area contributed by atoms with Gasteiger partial charge in [0.25, 0.3) is 0 Å². The number of nitrogens with zero attached hydrogens (tertiary/aromatic N) is 2. The molecule has 0 radical (unpaired) electrons. The van der Waals surface area contributed by atoms with Crippen molar-refractivity contribution in [3.8, 4) is 11.5 Å². The smallest absolute Gasteiger partial charge is 0.206 e. The van der Waals surface area contributed by atoms with Gasteiger partial charge in [0.05, 0.1) is 7.11 Å². The number of ether oxygens (including phenoxy) is 2. The third kappa shape index (κ3) is 4.88. The Kier molecular flexibility index (Phi) is 6.27. The van der Waals surface area contributed by atoms with Crippen molar-refractivity contribution >= 4 is 11.9 Å². The molecule has 144 valence electrons. The molecule has 0 atom stereocenters. The Balaban J connectivity index is 1.71. The zero-order valence-corrected chi connectivity index (χ0v) is 16.4. The number of carbonyl (C=O) groups excluding carboxylic acids is 1. The molecule has 3 aromatic rings. The summed E-state index contributed by atoms with van der Waals surface area (Å²) in [6.45, 7) is 2.50. The fourth-order valence-corrected chi connectivity index (χ4v) is 2.80. The molecule has 1 aromatic heterocycles. The Bertz CT molecular complexity index is 972. The molecule has 0 saturated carbocycles. The van der Waals surface area contributed by atoms with E-state index in [0.717, 1.165) is 29.0 Å². The highest BCUT2D eigenvalue weighted by molar-refractivity contribution is 6.05. The predicted octanol–water partition coefficient (Wildman–Crippen LogP) is 4.47. The van der Waals surface area contributed by atoms with Gasteiger partial charge in [0.15, 0.2) is 0 Å². The van der Waals surface area contributed by atoms with E-state index in [1.165, 1.54) is 11.6 Å². The summed E-state index contributed by atoms with van der Waals surface area (Å²) in [5, 5.41) is 4.12. The molecule has 0 saturated heterocycles. The number of aryl methyl sites for hydroxylation is 2. The second kappa shape index (κ2) is 9.04. The van der Waals surface area contributed by atoms with E-state index in [1.807, 2.05) is 30.3 Å². The molecule has 0 unspecified atom stereocenters. The fraction of sp³-hybridized carbons (Fsp3) is 0.217. The van der Waals surface area contributed by atoms with Gasteiger partial charge in [-0.15, -0.1) is 0 Å². The molecule has 3 rings (SSSR count). The molecule has 1 heterocycles. The normalized spacial score (nSPS) is 11.0. The van der Waals surface area contributed by atoms with Crippen molar-refractivity contribution in [2.75, 3.05) is 7.11 Å². The first-order chi connectivity index (χ1) is 13.6. The van der Waals surface area contributed by atoms with Gasteiger partial charge >= 0.3 is 0 Å². The number of carbonyl (C=O) groups is 1.